The number of rotatable bonds is 6. The Bertz CT molecular complexity index is 856. The first-order valence-electron chi connectivity index (χ1n) is 7.97. The number of allylic oxidation sites excluding steroid dienone is 4. The molecule has 0 radical (unpaired) electrons. The molecular formula is C19H20N2O3S. The van der Waals surface area contributed by atoms with Gasteiger partial charge in [0.25, 0.3) is 10.0 Å². The monoisotopic (exact) mass is 356 g/mol. The van der Waals surface area contributed by atoms with Crippen LogP contribution in [0.2, 0.25) is 0 Å². The van der Waals surface area contributed by atoms with Gasteiger partial charge in [0.15, 0.2) is 5.84 Å². The minimum absolute atomic E-state index is 0.0320. The number of nitrogens with zero attached hydrogens (tertiary/aromatic N) is 2. The maximum atomic E-state index is 11.8. The van der Waals surface area contributed by atoms with Gasteiger partial charge >= 0.3 is 0 Å². The zero-order valence-corrected chi connectivity index (χ0v) is 14.7. The molecule has 6 heteroatoms. The van der Waals surface area contributed by atoms with Gasteiger partial charge in [-0.05, 0) is 23.8 Å². The lowest BCUT2D eigenvalue weighted by molar-refractivity contribution is 0.354. The van der Waals surface area contributed by atoms with Crippen LogP contribution in [-0.4, -0.2) is 38.1 Å². The maximum Gasteiger partial charge on any atom is 0.256 e. The topological polar surface area (TPSA) is 59.0 Å². The molecule has 0 unspecified atom stereocenters. The summed E-state index contributed by atoms with van der Waals surface area (Å²) in [6, 6.07) is 7.69. The predicted molar refractivity (Wildman–Crippen MR) is 100 cm³/mol. The Balaban J connectivity index is 1.72. The first-order chi connectivity index (χ1) is 12.0. The third-order valence-corrected chi connectivity index (χ3v) is 5.26. The average Bonchev–Trinajstić information content (AvgIpc) is 2.61. The van der Waals surface area contributed by atoms with E-state index in [4.69, 9.17) is 4.74 Å². The van der Waals surface area contributed by atoms with Crippen molar-refractivity contribution in [3.05, 3.63) is 79.1 Å². The van der Waals surface area contributed by atoms with Gasteiger partial charge in [0.05, 0.1) is 5.75 Å². The van der Waals surface area contributed by atoms with Crippen LogP contribution in [0.1, 0.15) is 11.5 Å². The Kier molecular flexibility index (Phi) is 4.90. The number of hydrogen-bond acceptors (Lipinski definition) is 4. The van der Waals surface area contributed by atoms with E-state index in [1.165, 1.54) is 0 Å². The molecule has 0 saturated carbocycles. The number of ether oxygens (including phenoxy) is 1. The maximum absolute atomic E-state index is 11.8. The second-order valence-electron chi connectivity index (χ2n) is 5.78. The fraction of sp³-hybridized carbons (Fsp3) is 0.211. The lowest BCUT2D eigenvalue weighted by atomic mass is 9.99. The number of hydrogen-bond donors (Lipinski definition) is 0. The molecule has 130 valence electrons. The zero-order chi connectivity index (χ0) is 17.9. The first-order valence-corrected chi connectivity index (χ1v) is 9.58. The lowest BCUT2D eigenvalue weighted by Gasteiger charge is -2.29. The third kappa shape index (κ3) is 3.91. The summed E-state index contributed by atoms with van der Waals surface area (Å²) >= 11 is 0. The minimum atomic E-state index is -3.39. The minimum Gasteiger partial charge on any atom is -0.489 e. The number of fused-ring (bicyclic) bond motifs is 1. The van der Waals surface area contributed by atoms with Gasteiger partial charge in [-0.3, -0.25) is 0 Å². The van der Waals surface area contributed by atoms with Crippen LogP contribution in [0, 0.1) is 0 Å². The Hall–Kier alpha value is -2.60. The smallest absolute Gasteiger partial charge is 0.256 e. The van der Waals surface area contributed by atoms with Crippen LogP contribution in [0.3, 0.4) is 0 Å². The van der Waals surface area contributed by atoms with E-state index >= 15 is 0 Å². The van der Waals surface area contributed by atoms with Crippen LogP contribution in [0.4, 0.5) is 0 Å². The van der Waals surface area contributed by atoms with Gasteiger partial charge in [-0.25, -0.2) is 8.42 Å². The highest BCUT2D eigenvalue weighted by Crippen LogP contribution is 2.23. The summed E-state index contributed by atoms with van der Waals surface area (Å²) in [5.74, 6) is 1.29. The van der Waals surface area contributed by atoms with Crippen molar-refractivity contribution in [2.45, 2.75) is 5.92 Å². The third-order valence-electron chi connectivity index (χ3n) is 4.11. The molecule has 1 aromatic rings. The summed E-state index contributed by atoms with van der Waals surface area (Å²) in [5.41, 5.74) is 1.83. The highest BCUT2D eigenvalue weighted by Gasteiger charge is 2.26. The van der Waals surface area contributed by atoms with Crippen molar-refractivity contribution >= 4 is 15.9 Å². The van der Waals surface area contributed by atoms with Crippen molar-refractivity contribution < 1.29 is 13.2 Å². The molecule has 2 aliphatic heterocycles. The van der Waals surface area contributed by atoms with Crippen LogP contribution < -0.4 is 4.74 Å². The molecule has 1 aromatic carbocycles. The molecule has 3 rings (SSSR count). The van der Waals surface area contributed by atoms with Crippen molar-refractivity contribution in [2.24, 2.45) is 4.40 Å². The summed E-state index contributed by atoms with van der Waals surface area (Å²) in [7, 11) is -3.39. The fourth-order valence-corrected chi connectivity index (χ4v) is 3.71. The molecule has 25 heavy (non-hydrogen) atoms. The number of benzene rings is 1. The van der Waals surface area contributed by atoms with Crippen molar-refractivity contribution in [3.8, 4) is 5.75 Å². The highest BCUT2D eigenvalue weighted by molar-refractivity contribution is 7.90. The van der Waals surface area contributed by atoms with Gasteiger partial charge in [0, 0.05) is 24.2 Å². The van der Waals surface area contributed by atoms with Gasteiger partial charge in [0.2, 0.25) is 0 Å². The van der Waals surface area contributed by atoms with E-state index in [0.29, 0.717) is 18.1 Å². The Labute approximate surface area is 148 Å². The molecule has 0 bridgehead atoms. The van der Waals surface area contributed by atoms with Crippen LogP contribution >= 0.6 is 0 Å². The summed E-state index contributed by atoms with van der Waals surface area (Å²) in [5, 5.41) is 0. The molecule has 0 aromatic heterocycles. The molecule has 2 aliphatic rings. The molecule has 0 N–H and O–H groups in total. The standard InChI is InChI=1S/C19H20N2O3S/c1-3-15(4-2)16-7-9-18(10-8-16)24-14-17-6-5-11-21-12-13-25(22,23)20-19(17)21/h3-11,15H,1-2,12-14H2. The first kappa shape index (κ1) is 17.2. The molecule has 0 spiro atoms. The van der Waals surface area contributed by atoms with E-state index < -0.39 is 10.0 Å². The predicted octanol–water partition coefficient (Wildman–Crippen LogP) is 3.02. The van der Waals surface area contributed by atoms with Gasteiger partial charge in [-0.15, -0.1) is 17.6 Å². The molecule has 0 fully saturated rings. The van der Waals surface area contributed by atoms with Crippen LogP contribution in [0.15, 0.2) is 77.9 Å². The van der Waals surface area contributed by atoms with Crippen molar-refractivity contribution in [3.63, 3.8) is 0 Å². The second kappa shape index (κ2) is 7.11. The average molecular weight is 356 g/mol. The van der Waals surface area contributed by atoms with Gasteiger partial charge in [-0.1, -0.05) is 30.4 Å². The molecule has 0 atom stereocenters. The van der Waals surface area contributed by atoms with Crippen molar-refractivity contribution in [2.75, 3.05) is 18.9 Å². The quantitative estimate of drug-likeness (QED) is 0.735. The molecule has 0 amide bonds. The Morgan fingerprint density at radius 3 is 2.64 bits per heavy atom. The van der Waals surface area contributed by atoms with Crippen LogP contribution in [-0.2, 0) is 10.0 Å². The molecule has 5 nitrogen and oxygen atoms in total. The molecule has 0 aliphatic carbocycles. The Morgan fingerprint density at radius 1 is 1.24 bits per heavy atom. The summed E-state index contributed by atoms with van der Waals surface area (Å²) in [4.78, 5) is 1.83. The summed E-state index contributed by atoms with van der Waals surface area (Å²) < 4.78 is 33.2. The van der Waals surface area contributed by atoms with E-state index in [1.807, 2.05) is 59.7 Å². The molecule has 0 saturated heterocycles. The molecular weight excluding hydrogens is 336 g/mol. The molecule has 2 heterocycles. The van der Waals surface area contributed by atoms with Crippen LogP contribution in [0.5, 0.6) is 5.75 Å². The lowest BCUT2D eigenvalue weighted by Crippen LogP contribution is -2.39. The van der Waals surface area contributed by atoms with E-state index in [0.717, 1.165) is 11.1 Å². The SMILES string of the molecule is C=CC(C=C)c1ccc(OCC2=CC=CN3CCS(=O)(=O)N=C23)cc1. The zero-order valence-electron chi connectivity index (χ0n) is 13.8. The van der Waals surface area contributed by atoms with Gasteiger partial charge < -0.3 is 9.64 Å². The fourth-order valence-electron chi connectivity index (χ4n) is 2.70. The largest absolute Gasteiger partial charge is 0.489 e. The Morgan fingerprint density at radius 2 is 1.96 bits per heavy atom. The van der Waals surface area contributed by atoms with E-state index in [9.17, 15) is 8.42 Å². The van der Waals surface area contributed by atoms with Crippen molar-refractivity contribution in [1.82, 2.24) is 4.90 Å². The van der Waals surface area contributed by atoms with E-state index in [1.54, 1.807) is 0 Å². The summed E-state index contributed by atoms with van der Waals surface area (Å²) in [6.45, 7) is 8.25. The summed E-state index contributed by atoms with van der Waals surface area (Å²) in [6.07, 6.45) is 9.20. The highest BCUT2D eigenvalue weighted by atomic mass is 32.2. The number of amidine groups is 1. The second-order valence-corrected chi connectivity index (χ2v) is 7.54. The number of sulfonamides is 1. The van der Waals surface area contributed by atoms with Gasteiger partial charge in [0.1, 0.15) is 12.4 Å². The van der Waals surface area contributed by atoms with E-state index in [-0.39, 0.29) is 18.3 Å². The van der Waals surface area contributed by atoms with Crippen molar-refractivity contribution in [1.29, 1.82) is 0 Å². The van der Waals surface area contributed by atoms with Crippen LogP contribution in [0.25, 0.3) is 0 Å². The van der Waals surface area contributed by atoms with E-state index in [2.05, 4.69) is 17.6 Å². The normalized spacial score (nSPS) is 18.2. The van der Waals surface area contributed by atoms with Gasteiger partial charge in [-0.2, -0.15) is 0 Å².